The van der Waals surface area contributed by atoms with Crippen LogP contribution in [-0.2, 0) is 28.4 Å². The lowest BCUT2D eigenvalue weighted by Gasteiger charge is -2.26. The zero-order valence-electron chi connectivity index (χ0n) is 9.38. The summed E-state index contributed by atoms with van der Waals surface area (Å²) >= 11 is 0. The average molecular weight is 245 g/mol. The zero-order valence-corrected chi connectivity index (χ0v) is 10.2. The third-order valence-corrected chi connectivity index (χ3v) is 4.36. The van der Waals surface area contributed by atoms with Gasteiger partial charge in [-0.2, -0.15) is 9.40 Å². The quantitative estimate of drug-likeness (QED) is 0.726. The standard InChI is InChI=1S/C9H15N3O3S/c1-8-9(5-10-11(8)2)6-12-3-4-15-7-16(12,13)14/h5H,3-4,6-7H2,1-2H3. The van der Waals surface area contributed by atoms with Gasteiger partial charge >= 0.3 is 0 Å². The molecule has 16 heavy (non-hydrogen) atoms. The summed E-state index contributed by atoms with van der Waals surface area (Å²) in [6.07, 6.45) is 1.71. The fourth-order valence-electron chi connectivity index (χ4n) is 1.61. The molecule has 0 aromatic carbocycles. The molecule has 0 bridgehead atoms. The van der Waals surface area contributed by atoms with Crippen LogP contribution in [0.4, 0.5) is 0 Å². The Bertz CT molecular complexity index is 480. The maximum absolute atomic E-state index is 11.7. The van der Waals surface area contributed by atoms with E-state index in [9.17, 15) is 8.42 Å². The molecule has 2 rings (SSSR count). The lowest BCUT2D eigenvalue weighted by atomic mass is 10.2. The molecule has 6 nitrogen and oxygen atoms in total. The first-order valence-corrected chi connectivity index (χ1v) is 6.64. The molecule has 1 aromatic rings. The Morgan fingerprint density at radius 1 is 1.56 bits per heavy atom. The minimum Gasteiger partial charge on any atom is -0.363 e. The normalized spacial score (nSPS) is 21.1. The molecule has 0 amide bonds. The van der Waals surface area contributed by atoms with Crippen molar-refractivity contribution in [2.45, 2.75) is 13.5 Å². The van der Waals surface area contributed by atoms with Gasteiger partial charge in [0.15, 0.2) is 5.94 Å². The van der Waals surface area contributed by atoms with Crippen molar-refractivity contribution in [2.24, 2.45) is 7.05 Å². The summed E-state index contributed by atoms with van der Waals surface area (Å²) in [6.45, 7) is 3.18. The van der Waals surface area contributed by atoms with E-state index < -0.39 is 10.0 Å². The van der Waals surface area contributed by atoms with Crippen molar-refractivity contribution < 1.29 is 13.2 Å². The minimum absolute atomic E-state index is 0.216. The number of aromatic nitrogens is 2. The highest BCUT2D eigenvalue weighted by Crippen LogP contribution is 2.15. The second-order valence-electron chi connectivity index (χ2n) is 3.85. The van der Waals surface area contributed by atoms with Crippen molar-refractivity contribution in [3.8, 4) is 0 Å². The molecular weight excluding hydrogens is 230 g/mol. The van der Waals surface area contributed by atoms with Crippen LogP contribution in [0, 0.1) is 6.92 Å². The molecular formula is C9H15N3O3S. The molecule has 1 fully saturated rings. The Labute approximate surface area is 94.9 Å². The predicted molar refractivity (Wildman–Crippen MR) is 58.1 cm³/mol. The van der Waals surface area contributed by atoms with Gasteiger partial charge in [0.25, 0.3) is 0 Å². The third kappa shape index (κ3) is 2.11. The number of hydrogen-bond donors (Lipinski definition) is 0. The zero-order chi connectivity index (χ0) is 11.8. The van der Waals surface area contributed by atoms with E-state index in [1.165, 1.54) is 4.31 Å². The lowest BCUT2D eigenvalue weighted by molar-refractivity contribution is 0.130. The first-order chi connectivity index (χ1) is 7.50. The molecule has 1 aliphatic heterocycles. The van der Waals surface area contributed by atoms with Crippen molar-refractivity contribution in [2.75, 3.05) is 19.1 Å². The molecule has 1 saturated heterocycles. The van der Waals surface area contributed by atoms with Gasteiger partial charge in [0.2, 0.25) is 10.0 Å². The smallest absolute Gasteiger partial charge is 0.238 e. The molecule has 0 N–H and O–H groups in total. The molecule has 1 aromatic heterocycles. The largest absolute Gasteiger partial charge is 0.363 e. The van der Waals surface area contributed by atoms with Crippen LogP contribution in [0.1, 0.15) is 11.3 Å². The van der Waals surface area contributed by atoms with Crippen LogP contribution >= 0.6 is 0 Å². The van der Waals surface area contributed by atoms with Gasteiger partial charge in [0.05, 0.1) is 12.8 Å². The van der Waals surface area contributed by atoms with E-state index in [1.54, 1.807) is 10.9 Å². The van der Waals surface area contributed by atoms with Crippen molar-refractivity contribution in [3.63, 3.8) is 0 Å². The predicted octanol–water partition coefficient (Wildman–Crippen LogP) is -0.152. The SMILES string of the molecule is Cc1c(CN2CCOCS2(=O)=O)cnn1C. The second-order valence-corrected chi connectivity index (χ2v) is 5.77. The highest BCUT2D eigenvalue weighted by Gasteiger charge is 2.27. The molecule has 90 valence electrons. The van der Waals surface area contributed by atoms with Crippen LogP contribution in [0.25, 0.3) is 0 Å². The first-order valence-electron chi connectivity index (χ1n) is 5.04. The summed E-state index contributed by atoms with van der Waals surface area (Å²) in [4.78, 5) is 0. The maximum Gasteiger partial charge on any atom is 0.238 e. The molecule has 7 heteroatoms. The van der Waals surface area contributed by atoms with Crippen LogP contribution in [0.5, 0.6) is 0 Å². The summed E-state index contributed by atoms with van der Waals surface area (Å²) in [5.74, 6) is -0.216. The van der Waals surface area contributed by atoms with Gasteiger partial charge in [0.1, 0.15) is 0 Å². The fourth-order valence-corrected chi connectivity index (χ4v) is 2.78. The van der Waals surface area contributed by atoms with Gasteiger partial charge < -0.3 is 4.74 Å². The van der Waals surface area contributed by atoms with E-state index in [0.29, 0.717) is 19.7 Å². The van der Waals surface area contributed by atoms with E-state index in [1.807, 2.05) is 14.0 Å². The Morgan fingerprint density at radius 3 is 2.88 bits per heavy atom. The number of rotatable bonds is 2. The van der Waals surface area contributed by atoms with Crippen LogP contribution in [0.2, 0.25) is 0 Å². The molecule has 0 saturated carbocycles. The van der Waals surface area contributed by atoms with E-state index >= 15 is 0 Å². The first kappa shape index (κ1) is 11.6. The maximum atomic E-state index is 11.7. The summed E-state index contributed by atoms with van der Waals surface area (Å²) in [5.41, 5.74) is 1.93. The fraction of sp³-hybridized carbons (Fsp3) is 0.667. The second kappa shape index (κ2) is 4.15. The van der Waals surface area contributed by atoms with Gasteiger partial charge in [-0.25, -0.2) is 8.42 Å². The lowest BCUT2D eigenvalue weighted by Crippen LogP contribution is -2.40. The summed E-state index contributed by atoms with van der Waals surface area (Å²) in [6, 6.07) is 0. The van der Waals surface area contributed by atoms with Gasteiger partial charge in [-0.3, -0.25) is 4.68 Å². The number of aryl methyl sites for hydroxylation is 1. The highest BCUT2D eigenvalue weighted by molar-refractivity contribution is 7.88. The molecule has 0 radical (unpaired) electrons. The third-order valence-electron chi connectivity index (χ3n) is 2.79. The monoisotopic (exact) mass is 245 g/mol. The molecule has 2 heterocycles. The van der Waals surface area contributed by atoms with E-state index in [-0.39, 0.29) is 5.94 Å². The molecule has 1 aliphatic rings. The molecule has 0 spiro atoms. The van der Waals surface area contributed by atoms with Crippen LogP contribution < -0.4 is 0 Å². The Kier molecular flexibility index (Phi) is 3.00. The van der Waals surface area contributed by atoms with Gasteiger partial charge in [-0.15, -0.1) is 0 Å². The molecule has 0 atom stereocenters. The van der Waals surface area contributed by atoms with Crippen LogP contribution in [0.15, 0.2) is 6.20 Å². The van der Waals surface area contributed by atoms with Gasteiger partial charge in [-0.1, -0.05) is 0 Å². The average Bonchev–Trinajstić information content (AvgIpc) is 2.53. The number of ether oxygens (including phenoxy) is 1. The van der Waals surface area contributed by atoms with E-state index in [4.69, 9.17) is 4.74 Å². The van der Waals surface area contributed by atoms with Crippen molar-refractivity contribution in [1.82, 2.24) is 14.1 Å². The van der Waals surface area contributed by atoms with Crippen molar-refractivity contribution in [3.05, 3.63) is 17.5 Å². The molecule has 0 unspecified atom stereocenters. The minimum atomic E-state index is -3.26. The molecule has 0 aliphatic carbocycles. The summed E-state index contributed by atoms with van der Waals surface area (Å²) < 4.78 is 31.5. The highest BCUT2D eigenvalue weighted by atomic mass is 32.2. The van der Waals surface area contributed by atoms with Gasteiger partial charge in [0, 0.05) is 31.4 Å². The van der Waals surface area contributed by atoms with E-state index in [2.05, 4.69) is 5.10 Å². The van der Waals surface area contributed by atoms with Crippen molar-refractivity contribution >= 4 is 10.0 Å². The Hall–Kier alpha value is -0.920. The van der Waals surface area contributed by atoms with Crippen molar-refractivity contribution in [1.29, 1.82) is 0 Å². The Morgan fingerprint density at radius 2 is 2.31 bits per heavy atom. The number of nitrogens with zero attached hydrogens (tertiary/aromatic N) is 3. The summed E-state index contributed by atoms with van der Waals surface area (Å²) in [5, 5.41) is 4.09. The topological polar surface area (TPSA) is 64.4 Å². The van der Waals surface area contributed by atoms with Crippen LogP contribution in [0.3, 0.4) is 0 Å². The van der Waals surface area contributed by atoms with Crippen LogP contribution in [-0.4, -0.2) is 41.6 Å². The van der Waals surface area contributed by atoms with E-state index in [0.717, 1.165) is 11.3 Å². The Balaban J connectivity index is 2.18. The number of sulfonamides is 1. The summed E-state index contributed by atoms with van der Waals surface area (Å²) in [7, 11) is -1.42. The number of hydrogen-bond acceptors (Lipinski definition) is 4. The van der Waals surface area contributed by atoms with Gasteiger partial charge in [-0.05, 0) is 6.92 Å².